The standard InChI is InChI=1S/C23H31N3O6/c1-32-19-13-10-9-12-17(19)26-20(28)16-18(27)22(25-26)23(31)24-15-11-7-5-3-2-4-6-8-14-21(29)30/h9-10,12-13,16,27H,2-8,11,14-15H2,1H3,(H,24,31)(H,29,30). The first-order valence-corrected chi connectivity index (χ1v) is 10.9. The van der Waals surface area contributed by atoms with Gasteiger partial charge in [0, 0.05) is 19.0 Å². The minimum Gasteiger partial charge on any atom is -0.505 e. The second kappa shape index (κ2) is 13.1. The molecule has 2 aromatic rings. The normalized spacial score (nSPS) is 10.7. The van der Waals surface area contributed by atoms with Crippen LogP contribution in [0.3, 0.4) is 0 Å². The zero-order valence-corrected chi connectivity index (χ0v) is 18.4. The van der Waals surface area contributed by atoms with E-state index < -0.39 is 23.2 Å². The van der Waals surface area contributed by atoms with Crippen molar-refractivity contribution in [2.24, 2.45) is 0 Å². The maximum Gasteiger partial charge on any atom is 0.303 e. The Balaban J connectivity index is 1.79. The molecule has 1 amide bonds. The Morgan fingerprint density at radius 1 is 1.03 bits per heavy atom. The molecule has 0 radical (unpaired) electrons. The van der Waals surface area contributed by atoms with Crippen molar-refractivity contribution in [2.45, 2.75) is 57.8 Å². The van der Waals surface area contributed by atoms with Crippen LogP contribution in [0, 0.1) is 0 Å². The molecular weight excluding hydrogens is 414 g/mol. The average Bonchev–Trinajstić information content (AvgIpc) is 2.77. The van der Waals surface area contributed by atoms with Crippen molar-refractivity contribution in [1.82, 2.24) is 15.1 Å². The number of para-hydroxylation sites is 2. The Bertz CT molecular complexity index is 957. The maximum absolute atomic E-state index is 12.5. The van der Waals surface area contributed by atoms with Crippen LogP contribution >= 0.6 is 0 Å². The number of carbonyl (C=O) groups is 2. The van der Waals surface area contributed by atoms with Crippen LogP contribution < -0.4 is 15.6 Å². The van der Waals surface area contributed by atoms with Gasteiger partial charge in [0.25, 0.3) is 11.5 Å². The van der Waals surface area contributed by atoms with Gasteiger partial charge in [-0.1, -0.05) is 50.7 Å². The highest BCUT2D eigenvalue weighted by atomic mass is 16.5. The highest BCUT2D eigenvalue weighted by Crippen LogP contribution is 2.21. The number of hydrogen-bond acceptors (Lipinski definition) is 6. The third kappa shape index (κ3) is 7.72. The monoisotopic (exact) mass is 445 g/mol. The highest BCUT2D eigenvalue weighted by molar-refractivity contribution is 5.94. The first kappa shape index (κ1) is 24.9. The van der Waals surface area contributed by atoms with Gasteiger partial charge in [-0.2, -0.15) is 9.78 Å². The Kier molecular flexibility index (Phi) is 10.2. The van der Waals surface area contributed by atoms with Gasteiger partial charge in [0.1, 0.15) is 11.4 Å². The summed E-state index contributed by atoms with van der Waals surface area (Å²) >= 11 is 0. The average molecular weight is 446 g/mol. The molecule has 3 N–H and O–H groups in total. The molecule has 0 unspecified atom stereocenters. The molecule has 0 fully saturated rings. The molecule has 0 saturated carbocycles. The van der Waals surface area contributed by atoms with Crippen LogP contribution in [0.15, 0.2) is 35.1 Å². The summed E-state index contributed by atoms with van der Waals surface area (Å²) in [6, 6.07) is 7.74. The van der Waals surface area contributed by atoms with Crippen molar-refractivity contribution < 1.29 is 24.5 Å². The Morgan fingerprint density at radius 2 is 1.66 bits per heavy atom. The number of carbonyl (C=O) groups excluding carboxylic acids is 1. The highest BCUT2D eigenvalue weighted by Gasteiger charge is 2.17. The van der Waals surface area contributed by atoms with Crippen molar-refractivity contribution in [3.63, 3.8) is 0 Å². The van der Waals surface area contributed by atoms with Crippen LogP contribution in [-0.4, -0.2) is 45.5 Å². The molecule has 0 bridgehead atoms. The molecule has 0 aliphatic carbocycles. The molecule has 0 atom stereocenters. The van der Waals surface area contributed by atoms with Crippen molar-refractivity contribution in [1.29, 1.82) is 0 Å². The van der Waals surface area contributed by atoms with Crippen LogP contribution in [0.5, 0.6) is 11.5 Å². The van der Waals surface area contributed by atoms with E-state index in [0.717, 1.165) is 62.1 Å². The predicted molar refractivity (Wildman–Crippen MR) is 120 cm³/mol. The minimum absolute atomic E-state index is 0.225. The lowest BCUT2D eigenvalue weighted by molar-refractivity contribution is -0.137. The van der Waals surface area contributed by atoms with Crippen LogP contribution in [0.4, 0.5) is 0 Å². The smallest absolute Gasteiger partial charge is 0.303 e. The SMILES string of the molecule is COc1ccccc1-n1nc(C(=O)NCCCCCCCCCCC(=O)O)c(O)cc1=O. The van der Waals surface area contributed by atoms with Crippen molar-refractivity contribution in [2.75, 3.05) is 13.7 Å². The summed E-state index contributed by atoms with van der Waals surface area (Å²) in [5, 5.41) is 25.4. The van der Waals surface area contributed by atoms with Crippen molar-refractivity contribution >= 4 is 11.9 Å². The molecule has 32 heavy (non-hydrogen) atoms. The number of amides is 1. The number of carboxylic acids is 1. The summed E-state index contributed by atoms with van der Waals surface area (Å²) in [5.41, 5.74) is -0.430. The largest absolute Gasteiger partial charge is 0.505 e. The van der Waals surface area contributed by atoms with E-state index in [1.165, 1.54) is 7.11 Å². The molecule has 1 aromatic heterocycles. The fraction of sp³-hybridized carbons (Fsp3) is 0.478. The number of rotatable bonds is 14. The number of aromatic nitrogens is 2. The quantitative estimate of drug-likeness (QED) is 0.380. The topological polar surface area (TPSA) is 131 Å². The lowest BCUT2D eigenvalue weighted by Gasteiger charge is -2.12. The molecule has 9 heteroatoms. The van der Waals surface area contributed by atoms with Gasteiger partial charge in [0.05, 0.1) is 7.11 Å². The summed E-state index contributed by atoms with van der Waals surface area (Å²) in [7, 11) is 1.47. The van der Waals surface area contributed by atoms with Crippen molar-refractivity contribution in [3.05, 3.63) is 46.4 Å². The molecule has 0 saturated heterocycles. The molecule has 174 valence electrons. The van der Waals surface area contributed by atoms with Crippen molar-refractivity contribution in [3.8, 4) is 17.2 Å². The van der Waals surface area contributed by atoms with Crippen LogP contribution in [0.1, 0.15) is 68.3 Å². The van der Waals surface area contributed by atoms with Gasteiger partial charge in [-0.25, -0.2) is 0 Å². The zero-order valence-electron chi connectivity index (χ0n) is 18.4. The molecule has 1 aromatic carbocycles. The van der Waals surface area contributed by atoms with Gasteiger partial charge in [0.15, 0.2) is 11.4 Å². The number of aromatic hydroxyl groups is 1. The van der Waals surface area contributed by atoms with Gasteiger partial charge in [0.2, 0.25) is 0 Å². The number of nitrogens with one attached hydrogen (secondary N) is 1. The summed E-state index contributed by atoms with van der Waals surface area (Å²) in [6.45, 7) is 0.437. The van der Waals surface area contributed by atoms with E-state index in [1.54, 1.807) is 24.3 Å². The van der Waals surface area contributed by atoms with E-state index >= 15 is 0 Å². The molecule has 0 spiro atoms. The lowest BCUT2D eigenvalue weighted by atomic mass is 10.1. The number of ether oxygens (including phenoxy) is 1. The number of carboxylic acid groups (broad SMARTS) is 1. The lowest BCUT2D eigenvalue weighted by Crippen LogP contribution is -2.30. The third-order valence-corrected chi connectivity index (χ3v) is 5.04. The van der Waals surface area contributed by atoms with Crippen LogP contribution in [0.25, 0.3) is 5.69 Å². The molecule has 1 heterocycles. The molecule has 2 rings (SSSR count). The number of aliphatic carboxylic acids is 1. The van der Waals surface area contributed by atoms with E-state index in [1.807, 2.05) is 0 Å². The first-order chi connectivity index (χ1) is 15.4. The van der Waals surface area contributed by atoms with E-state index in [2.05, 4.69) is 10.4 Å². The molecule has 0 aliphatic heterocycles. The van der Waals surface area contributed by atoms with Gasteiger partial charge in [-0.3, -0.25) is 14.4 Å². The zero-order chi connectivity index (χ0) is 23.3. The minimum atomic E-state index is -0.742. The number of benzene rings is 1. The van der Waals surface area contributed by atoms with Crippen LogP contribution in [-0.2, 0) is 4.79 Å². The Morgan fingerprint density at radius 3 is 2.31 bits per heavy atom. The molecular formula is C23H31N3O6. The van der Waals surface area contributed by atoms with Gasteiger partial charge < -0.3 is 20.3 Å². The molecule has 9 nitrogen and oxygen atoms in total. The van der Waals surface area contributed by atoms with Crippen LogP contribution in [0.2, 0.25) is 0 Å². The van der Waals surface area contributed by atoms with Gasteiger partial charge in [-0.05, 0) is 25.0 Å². The third-order valence-electron chi connectivity index (χ3n) is 5.04. The Hall–Kier alpha value is -3.36. The first-order valence-electron chi connectivity index (χ1n) is 10.9. The number of nitrogens with zero attached hydrogens (tertiary/aromatic N) is 2. The van der Waals surface area contributed by atoms with E-state index in [-0.39, 0.29) is 12.1 Å². The fourth-order valence-corrected chi connectivity index (χ4v) is 3.33. The maximum atomic E-state index is 12.5. The number of methoxy groups -OCH3 is 1. The van der Waals surface area contributed by atoms with E-state index in [0.29, 0.717) is 18.0 Å². The number of unbranched alkanes of at least 4 members (excludes halogenated alkanes) is 7. The molecule has 0 aliphatic rings. The second-order valence-electron chi connectivity index (χ2n) is 7.53. The second-order valence-corrected chi connectivity index (χ2v) is 7.53. The summed E-state index contributed by atoms with van der Waals surface area (Å²) in [6.07, 6.45) is 7.88. The van der Waals surface area contributed by atoms with E-state index in [4.69, 9.17) is 9.84 Å². The summed E-state index contributed by atoms with van der Waals surface area (Å²) < 4.78 is 6.28. The van der Waals surface area contributed by atoms with Gasteiger partial charge >= 0.3 is 5.97 Å². The Labute approximate surface area is 187 Å². The summed E-state index contributed by atoms with van der Waals surface area (Å²) in [4.78, 5) is 35.2. The number of hydrogen-bond donors (Lipinski definition) is 3. The summed E-state index contributed by atoms with van der Waals surface area (Å²) in [5.74, 6) is -1.35. The van der Waals surface area contributed by atoms with E-state index in [9.17, 15) is 19.5 Å². The fourth-order valence-electron chi connectivity index (χ4n) is 3.33. The predicted octanol–water partition coefficient (Wildman–Crippen LogP) is 3.27. The van der Waals surface area contributed by atoms with Gasteiger partial charge in [-0.15, -0.1) is 0 Å².